The van der Waals surface area contributed by atoms with Crippen LogP contribution in [0, 0.1) is 5.82 Å². The fourth-order valence-corrected chi connectivity index (χ4v) is 4.73. The van der Waals surface area contributed by atoms with E-state index in [1.165, 1.54) is 6.07 Å². The second-order valence-corrected chi connectivity index (χ2v) is 10.9. The first-order chi connectivity index (χ1) is 13.2. The highest BCUT2D eigenvalue weighted by Gasteiger charge is 2.37. The van der Waals surface area contributed by atoms with E-state index in [1.807, 2.05) is 43.5 Å². The molecule has 0 N–H and O–H groups in total. The van der Waals surface area contributed by atoms with Crippen molar-refractivity contribution in [1.29, 1.82) is 0 Å². The predicted octanol–water partition coefficient (Wildman–Crippen LogP) is 5.84. The van der Waals surface area contributed by atoms with Crippen LogP contribution in [0.2, 0.25) is 5.02 Å². The van der Waals surface area contributed by atoms with Crippen molar-refractivity contribution in [3.05, 3.63) is 63.1 Å². The molecule has 0 aliphatic carbocycles. The molecule has 146 valence electrons. The van der Waals surface area contributed by atoms with Gasteiger partial charge in [0.25, 0.3) is 0 Å². The van der Waals surface area contributed by atoms with Crippen molar-refractivity contribution in [2.75, 3.05) is 0 Å². The maximum atomic E-state index is 14.8. The molecule has 0 spiro atoms. The molecule has 1 aliphatic rings. The van der Waals surface area contributed by atoms with Gasteiger partial charge in [-0.3, -0.25) is 0 Å². The Labute approximate surface area is 179 Å². The number of halogens is 3. The first-order valence-electron chi connectivity index (χ1n) is 8.78. The summed E-state index contributed by atoms with van der Waals surface area (Å²) in [5.41, 5.74) is 2.68. The van der Waals surface area contributed by atoms with E-state index in [4.69, 9.17) is 11.6 Å². The third-order valence-corrected chi connectivity index (χ3v) is 7.02. The highest BCUT2D eigenvalue weighted by atomic mass is 79.9. The van der Waals surface area contributed by atoms with Crippen molar-refractivity contribution in [2.24, 2.45) is 4.40 Å². The number of aromatic nitrogens is 2. The quantitative estimate of drug-likeness (QED) is 0.431. The monoisotopic (exact) mass is 481 g/mol. The summed E-state index contributed by atoms with van der Waals surface area (Å²) in [6.45, 7) is 5.61. The maximum Gasteiger partial charge on any atom is 0.160 e. The van der Waals surface area contributed by atoms with Gasteiger partial charge < -0.3 is 9.12 Å². The van der Waals surface area contributed by atoms with Gasteiger partial charge >= 0.3 is 0 Å². The molecule has 8 heteroatoms. The van der Waals surface area contributed by atoms with E-state index in [1.54, 1.807) is 12.1 Å². The van der Waals surface area contributed by atoms with Gasteiger partial charge in [0.1, 0.15) is 27.6 Å². The lowest BCUT2D eigenvalue weighted by Gasteiger charge is -2.18. The Morgan fingerprint density at radius 1 is 1.32 bits per heavy atom. The van der Waals surface area contributed by atoms with Gasteiger partial charge in [0.05, 0.1) is 17.1 Å². The van der Waals surface area contributed by atoms with Crippen molar-refractivity contribution in [3.63, 3.8) is 0 Å². The molecule has 0 saturated heterocycles. The minimum atomic E-state index is -1.44. The lowest BCUT2D eigenvalue weighted by atomic mass is 10.0. The number of hydrogen-bond donors (Lipinski definition) is 0. The predicted molar refractivity (Wildman–Crippen MR) is 116 cm³/mol. The molecule has 2 atom stereocenters. The Morgan fingerprint density at radius 3 is 2.75 bits per heavy atom. The van der Waals surface area contributed by atoms with E-state index in [-0.39, 0.29) is 11.9 Å². The van der Waals surface area contributed by atoms with Crippen molar-refractivity contribution < 1.29 is 8.94 Å². The van der Waals surface area contributed by atoms with Crippen LogP contribution in [-0.4, -0.2) is 24.6 Å². The van der Waals surface area contributed by atoms with E-state index in [0.717, 1.165) is 11.0 Å². The summed E-state index contributed by atoms with van der Waals surface area (Å²) in [4.78, 5) is 4.69. The Morgan fingerprint density at radius 2 is 2.07 bits per heavy atom. The normalized spacial score (nSPS) is 19.4. The minimum absolute atomic E-state index is 0.313. The van der Waals surface area contributed by atoms with E-state index >= 15 is 0 Å². The van der Waals surface area contributed by atoms with Crippen LogP contribution in [0.3, 0.4) is 0 Å². The van der Waals surface area contributed by atoms with Gasteiger partial charge in [0.15, 0.2) is 5.82 Å². The Hall–Kier alpha value is -1.41. The molecule has 1 aromatic heterocycles. The largest absolute Gasteiger partial charge is 0.591 e. The van der Waals surface area contributed by atoms with Crippen LogP contribution >= 0.6 is 27.5 Å². The summed E-state index contributed by atoms with van der Waals surface area (Å²) in [6, 6.07) is 9.97. The zero-order valence-corrected chi connectivity index (χ0v) is 18.7. The van der Waals surface area contributed by atoms with E-state index in [0.29, 0.717) is 33.0 Å². The smallest absolute Gasteiger partial charge is 0.160 e. The second kappa shape index (κ2) is 7.13. The third-order valence-electron chi connectivity index (χ3n) is 4.66. The van der Waals surface area contributed by atoms with E-state index in [9.17, 15) is 8.94 Å². The van der Waals surface area contributed by atoms with Gasteiger partial charge in [0, 0.05) is 21.5 Å². The number of benzene rings is 2. The summed E-state index contributed by atoms with van der Waals surface area (Å²) in [5, 5.41) is 0.574. The van der Waals surface area contributed by atoms with Crippen LogP contribution in [-0.2, 0) is 11.4 Å². The maximum absolute atomic E-state index is 14.8. The van der Waals surface area contributed by atoms with Gasteiger partial charge in [-0.1, -0.05) is 38.0 Å². The molecule has 4 rings (SSSR count). The van der Waals surface area contributed by atoms with Crippen molar-refractivity contribution in [3.8, 4) is 0 Å². The fourth-order valence-electron chi connectivity index (χ4n) is 3.33. The van der Waals surface area contributed by atoms with Gasteiger partial charge in [-0.05, 0) is 51.1 Å². The molecule has 28 heavy (non-hydrogen) atoms. The molecule has 2 heterocycles. The Balaban J connectivity index is 1.96. The highest BCUT2D eigenvalue weighted by Crippen LogP contribution is 2.40. The van der Waals surface area contributed by atoms with Gasteiger partial charge in [-0.15, -0.1) is 0 Å². The van der Waals surface area contributed by atoms with Crippen molar-refractivity contribution in [2.45, 2.75) is 38.0 Å². The number of hydrogen-bond acceptors (Lipinski definition) is 3. The zero-order valence-electron chi connectivity index (χ0n) is 15.5. The van der Waals surface area contributed by atoms with Crippen LogP contribution in [0.25, 0.3) is 11.0 Å². The lowest BCUT2D eigenvalue weighted by Crippen LogP contribution is -2.27. The lowest BCUT2D eigenvalue weighted by molar-refractivity contribution is 0.559. The van der Waals surface area contributed by atoms with Gasteiger partial charge in [0.2, 0.25) is 0 Å². The van der Waals surface area contributed by atoms with Crippen LogP contribution in [0.4, 0.5) is 4.39 Å². The van der Waals surface area contributed by atoms with Gasteiger partial charge in [-0.2, -0.15) is 0 Å². The van der Waals surface area contributed by atoms with E-state index < -0.39 is 16.1 Å². The number of nitrogens with zero attached hydrogens (tertiary/aromatic N) is 3. The average Bonchev–Trinajstić information content (AvgIpc) is 3.12. The Bertz CT molecular complexity index is 1090. The average molecular weight is 483 g/mol. The van der Waals surface area contributed by atoms with Crippen molar-refractivity contribution in [1.82, 2.24) is 9.55 Å². The first kappa shape index (κ1) is 19.9. The number of imidazole rings is 1. The summed E-state index contributed by atoms with van der Waals surface area (Å²) >= 11 is 8.25. The Kier molecular flexibility index (Phi) is 5.06. The molecule has 0 radical (unpaired) electrons. The summed E-state index contributed by atoms with van der Waals surface area (Å²) in [5.74, 6) is 0.294. The second-order valence-electron chi connectivity index (χ2n) is 7.69. The molecule has 1 aliphatic heterocycles. The zero-order chi connectivity index (χ0) is 20.2. The van der Waals surface area contributed by atoms with Crippen molar-refractivity contribution >= 4 is 55.6 Å². The van der Waals surface area contributed by atoms with E-state index in [2.05, 4.69) is 25.3 Å². The summed E-state index contributed by atoms with van der Waals surface area (Å²) < 4.78 is 34.0. The standard InChI is InChI=1S/C20H18BrClFN3OS/c1-20(2,3)28(27)25-15-10-17(18-12(21)5-4-6-13(18)23)26-16-9-11(22)7-8-14(16)24-19(15)26/h4-9,17H,10H2,1-3H3/t17-,28?/m1/s1. The molecule has 0 bridgehead atoms. The molecule has 0 saturated carbocycles. The van der Waals surface area contributed by atoms with Crippen LogP contribution < -0.4 is 0 Å². The van der Waals surface area contributed by atoms with Crippen LogP contribution in [0.1, 0.15) is 44.6 Å². The van der Waals surface area contributed by atoms with Crippen LogP contribution in [0.5, 0.6) is 0 Å². The summed E-state index contributed by atoms with van der Waals surface area (Å²) in [7, 11) is 0. The van der Waals surface area contributed by atoms with Gasteiger partial charge in [-0.25, -0.2) is 9.37 Å². The molecule has 1 unspecified atom stereocenters. The topological polar surface area (TPSA) is 53.2 Å². The third kappa shape index (κ3) is 3.38. The first-order valence-corrected chi connectivity index (χ1v) is 11.1. The number of fused-ring (bicyclic) bond motifs is 3. The molecular formula is C20H18BrClFN3OS. The molecule has 3 aromatic rings. The fraction of sp³-hybridized carbons (Fsp3) is 0.300. The molecular weight excluding hydrogens is 465 g/mol. The summed E-state index contributed by atoms with van der Waals surface area (Å²) in [6.07, 6.45) is 0.409. The highest BCUT2D eigenvalue weighted by molar-refractivity contribution is 9.10. The number of rotatable bonds is 2. The molecule has 4 nitrogen and oxygen atoms in total. The molecule has 2 aromatic carbocycles. The molecule has 0 amide bonds. The molecule has 0 fully saturated rings. The minimum Gasteiger partial charge on any atom is -0.591 e. The van der Waals surface area contributed by atoms with Crippen LogP contribution in [0.15, 0.2) is 45.3 Å². The SMILES string of the molecule is CC(C)(C)[S+]([O-])N=C1C[C@H](c2c(F)cccc2Br)n2c1nc1ccc(Cl)cc12.